The maximum atomic E-state index is 13.4. The minimum Gasteiger partial charge on any atom is -0.326 e. The van der Waals surface area contributed by atoms with Crippen LogP contribution in [0.4, 0.5) is 0 Å². The number of hydrogen-bond acceptors (Lipinski definition) is 4. The Hall–Kier alpha value is -1.95. The van der Waals surface area contributed by atoms with Crippen LogP contribution in [-0.4, -0.2) is 17.4 Å². The van der Waals surface area contributed by atoms with Crippen LogP contribution in [0, 0.1) is 0 Å². The van der Waals surface area contributed by atoms with E-state index in [4.69, 9.17) is 0 Å². The molecule has 0 radical (unpaired) electrons. The molecule has 2 nitrogen and oxygen atoms in total. The third kappa shape index (κ3) is 2.54. The van der Waals surface area contributed by atoms with E-state index in [1.807, 2.05) is 29.5 Å². The van der Waals surface area contributed by atoms with E-state index in [1.165, 1.54) is 20.0 Å². The molecular weight excluding hydrogens is 366 g/mol. The summed E-state index contributed by atoms with van der Waals surface area (Å²) in [6.45, 7) is 0.781. The zero-order valence-electron chi connectivity index (χ0n) is 13.3. The van der Waals surface area contributed by atoms with Crippen molar-refractivity contribution in [2.45, 2.75) is 12.5 Å². The lowest BCUT2D eigenvalue weighted by Gasteiger charge is -2.35. The first-order chi connectivity index (χ1) is 12.3. The highest BCUT2D eigenvalue weighted by Crippen LogP contribution is 2.41. The second-order valence-corrected chi connectivity index (χ2v) is 9.18. The maximum Gasteiger partial charge on any atom is 0.264 e. The molecule has 5 heteroatoms. The number of fused-ring (bicyclic) bond motifs is 2. The highest BCUT2D eigenvalue weighted by molar-refractivity contribution is 7.20. The van der Waals surface area contributed by atoms with E-state index in [0.29, 0.717) is 0 Å². The molecule has 0 spiro atoms. The highest BCUT2D eigenvalue weighted by atomic mass is 32.1. The predicted octanol–water partition coefficient (Wildman–Crippen LogP) is 5.81. The van der Waals surface area contributed by atoms with Crippen molar-refractivity contribution in [2.24, 2.45) is 0 Å². The van der Waals surface area contributed by atoms with E-state index in [-0.39, 0.29) is 11.9 Å². The Morgan fingerprint density at radius 2 is 1.96 bits per heavy atom. The van der Waals surface area contributed by atoms with Crippen LogP contribution < -0.4 is 0 Å². The Kier molecular flexibility index (Phi) is 3.73. The average molecular weight is 382 g/mol. The number of rotatable bonds is 2. The third-order valence-electron chi connectivity index (χ3n) is 4.68. The van der Waals surface area contributed by atoms with Gasteiger partial charge >= 0.3 is 0 Å². The molecule has 1 atom stereocenters. The predicted molar refractivity (Wildman–Crippen MR) is 107 cm³/mol. The molecule has 0 saturated carbocycles. The lowest BCUT2D eigenvalue weighted by molar-refractivity contribution is 0.0704. The first-order valence-electron chi connectivity index (χ1n) is 8.20. The van der Waals surface area contributed by atoms with Gasteiger partial charge in [0.1, 0.15) is 0 Å². The topological polar surface area (TPSA) is 20.3 Å². The summed E-state index contributed by atoms with van der Waals surface area (Å²) in [6.07, 6.45) is 0.950. The Bertz CT molecular complexity index is 1010. The van der Waals surface area contributed by atoms with E-state index in [1.54, 1.807) is 22.7 Å². The number of benzene rings is 1. The Labute approximate surface area is 158 Å². The van der Waals surface area contributed by atoms with Crippen LogP contribution in [-0.2, 0) is 6.42 Å². The van der Waals surface area contributed by atoms with Gasteiger partial charge < -0.3 is 4.90 Å². The molecule has 124 valence electrons. The summed E-state index contributed by atoms with van der Waals surface area (Å²) in [5.41, 5.74) is 1.30. The van der Waals surface area contributed by atoms with Crippen molar-refractivity contribution in [1.29, 1.82) is 0 Å². The fourth-order valence-corrected chi connectivity index (χ4v) is 6.29. The van der Waals surface area contributed by atoms with Crippen molar-refractivity contribution in [3.63, 3.8) is 0 Å². The van der Waals surface area contributed by atoms with Gasteiger partial charge in [0.15, 0.2) is 0 Å². The summed E-state index contributed by atoms with van der Waals surface area (Å²) in [4.78, 5) is 18.9. The van der Waals surface area contributed by atoms with Gasteiger partial charge in [0.05, 0.1) is 10.9 Å². The molecule has 0 saturated heterocycles. The van der Waals surface area contributed by atoms with Crippen molar-refractivity contribution >= 4 is 50.0 Å². The number of thiophene rings is 3. The van der Waals surface area contributed by atoms with Crippen LogP contribution in [0.5, 0.6) is 0 Å². The summed E-state index contributed by atoms with van der Waals surface area (Å²) >= 11 is 5.14. The molecule has 1 aromatic carbocycles. The molecule has 1 aliphatic heterocycles. The Balaban J connectivity index is 1.58. The Morgan fingerprint density at radius 1 is 1.04 bits per heavy atom. The smallest absolute Gasteiger partial charge is 0.264 e. The Morgan fingerprint density at radius 3 is 2.80 bits per heavy atom. The number of carbonyl (C=O) groups is 1. The van der Waals surface area contributed by atoms with Gasteiger partial charge in [-0.1, -0.05) is 24.3 Å². The maximum absolute atomic E-state index is 13.4. The van der Waals surface area contributed by atoms with Crippen LogP contribution in [0.2, 0.25) is 0 Å². The van der Waals surface area contributed by atoms with Gasteiger partial charge in [-0.15, -0.1) is 34.0 Å². The number of hydrogen-bond donors (Lipinski definition) is 0. The zero-order chi connectivity index (χ0) is 16.8. The molecule has 0 bridgehead atoms. The minimum absolute atomic E-state index is 0.0488. The second kappa shape index (κ2) is 6.09. The molecule has 0 fully saturated rings. The number of carbonyl (C=O) groups excluding carboxylic acids is 1. The fraction of sp³-hybridized carbons (Fsp3) is 0.150. The quantitative estimate of drug-likeness (QED) is 0.429. The van der Waals surface area contributed by atoms with Crippen LogP contribution in [0.3, 0.4) is 0 Å². The van der Waals surface area contributed by atoms with Gasteiger partial charge in [-0.3, -0.25) is 4.79 Å². The molecule has 1 unspecified atom stereocenters. The van der Waals surface area contributed by atoms with E-state index in [2.05, 4.69) is 46.0 Å². The average Bonchev–Trinajstić information content (AvgIpc) is 3.39. The first-order valence-corrected chi connectivity index (χ1v) is 10.8. The SMILES string of the molecule is O=C(c1cc2ccccc2s1)N1CCc2sccc2C1c1cccs1. The van der Waals surface area contributed by atoms with Crippen molar-refractivity contribution in [2.75, 3.05) is 6.54 Å². The summed E-state index contributed by atoms with van der Waals surface area (Å²) in [5, 5.41) is 5.40. The summed E-state index contributed by atoms with van der Waals surface area (Å²) in [5.74, 6) is 0.149. The number of amides is 1. The zero-order valence-corrected chi connectivity index (χ0v) is 15.8. The number of nitrogens with zero attached hydrogens (tertiary/aromatic N) is 1. The molecule has 25 heavy (non-hydrogen) atoms. The highest BCUT2D eigenvalue weighted by Gasteiger charge is 2.34. The van der Waals surface area contributed by atoms with Gasteiger partial charge in [-0.25, -0.2) is 0 Å². The minimum atomic E-state index is 0.0488. The monoisotopic (exact) mass is 381 g/mol. The van der Waals surface area contributed by atoms with E-state index in [9.17, 15) is 4.79 Å². The van der Waals surface area contributed by atoms with E-state index < -0.39 is 0 Å². The lowest BCUT2D eigenvalue weighted by Crippen LogP contribution is -2.39. The molecule has 1 aliphatic rings. The molecule has 0 aliphatic carbocycles. The fourth-order valence-electron chi connectivity index (χ4n) is 3.52. The van der Waals surface area contributed by atoms with Crippen LogP contribution >= 0.6 is 34.0 Å². The van der Waals surface area contributed by atoms with Crippen LogP contribution in [0.1, 0.15) is 31.0 Å². The lowest BCUT2D eigenvalue weighted by atomic mass is 9.98. The van der Waals surface area contributed by atoms with Gasteiger partial charge in [0.2, 0.25) is 0 Å². The van der Waals surface area contributed by atoms with Crippen molar-refractivity contribution in [3.05, 3.63) is 79.5 Å². The van der Waals surface area contributed by atoms with Crippen molar-refractivity contribution < 1.29 is 4.79 Å². The van der Waals surface area contributed by atoms with E-state index in [0.717, 1.165) is 23.2 Å². The molecule has 5 rings (SSSR count). The van der Waals surface area contributed by atoms with Gasteiger partial charge in [-0.2, -0.15) is 0 Å². The first kappa shape index (κ1) is 15.3. The van der Waals surface area contributed by atoms with E-state index >= 15 is 0 Å². The van der Waals surface area contributed by atoms with Crippen molar-refractivity contribution in [3.8, 4) is 0 Å². The molecule has 3 aromatic heterocycles. The molecule has 0 N–H and O–H groups in total. The normalized spacial score (nSPS) is 17.0. The summed E-state index contributed by atoms with van der Waals surface area (Å²) < 4.78 is 1.17. The van der Waals surface area contributed by atoms with Gasteiger partial charge in [-0.05, 0) is 52.4 Å². The second-order valence-electron chi connectivity index (χ2n) is 6.11. The molecular formula is C20H15NOS3. The van der Waals surface area contributed by atoms with Crippen molar-refractivity contribution in [1.82, 2.24) is 4.90 Å². The van der Waals surface area contributed by atoms with Crippen LogP contribution in [0.15, 0.2) is 59.3 Å². The third-order valence-corrected chi connectivity index (χ3v) is 7.70. The molecule has 4 aromatic rings. The standard InChI is InChI=1S/C20H15NOS3/c22-20(18-12-13-4-1-2-5-15(13)25-18)21-9-7-16-14(8-11-24-16)19(21)17-6-3-10-23-17/h1-6,8,10-12,19H,7,9H2. The summed E-state index contributed by atoms with van der Waals surface area (Å²) in [6, 6.07) is 16.7. The molecule has 1 amide bonds. The van der Waals surface area contributed by atoms with Gasteiger partial charge in [0, 0.05) is 21.0 Å². The van der Waals surface area contributed by atoms with Crippen LogP contribution in [0.25, 0.3) is 10.1 Å². The van der Waals surface area contributed by atoms with Gasteiger partial charge in [0.25, 0.3) is 5.91 Å². The molecule has 4 heterocycles. The largest absolute Gasteiger partial charge is 0.326 e. The summed E-state index contributed by atoms with van der Waals surface area (Å²) in [7, 11) is 0.